The minimum atomic E-state index is 0.138. The van der Waals surface area contributed by atoms with Gasteiger partial charge in [-0.1, -0.05) is 72.4 Å². The average molecular weight is 483 g/mol. The maximum absolute atomic E-state index is 10.2. The minimum Gasteiger partial charge on any atom is -0.508 e. The molecule has 0 atom stereocenters. The van der Waals surface area contributed by atoms with Crippen molar-refractivity contribution >= 4 is 33.7 Å². The fourth-order valence-corrected chi connectivity index (χ4v) is 4.72. The molecule has 176 valence electrons. The summed E-state index contributed by atoms with van der Waals surface area (Å²) in [5.41, 5.74) is 3.71. The Kier molecular flexibility index (Phi) is 7.81. The van der Waals surface area contributed by atoms with Crippen LogP contribution in [-0.2, 0) is 0 Å². The summed E-state index contributed by atoms with van der Waals surface area (Å²) >= 11 is 1.60. The molecule has 4 aromatic carbocycles. The molecule has 35 heavy (non-hydrogen) atoms. The SMILES string of the molecule is COc1cc(O)cc(/C=C(/S/C(=C/c2cc(O)cc(OC)c2)c2ccccc2)c2ccccc2)c1. The molecule has 4 nitrogen and oxygen atoms in total. The Morgan fingerprint density at radius 1 is 0.600 bits per heavy atom. The third-order valence-corrected chi connectivity index (χ3v) is 6.38. The number of ether oxygens (including phenoxy) is 2. The molecule has 0 radical (unpaired) electrons. The number of hydrogen-bond donors (Lipinski definition) is 2. The molecule has 0 aliphatic carbocycles. The first-order valence-electron chi connectivity index (χ1n) is 11.0. The van der Waals surface area contributed by atoms with Gasteiger partial charge in [0.15, 0.2) is 0 Å². The summed E-state index contributed by atoms with van der Waals surface area (Å²) in [5.74, 6) is 1.44. The van der Waals surface area contributed by atoms with Gasteiger partial charge in [-0.2, -0.15) is 0 Å². The highest BCUT2D eigenvalue weighted by molar-refractivity contribution is 8.16. The van der Waals surface area contributed by atoms with Gasteiger partial charge in [-0.3, -0.25) is 0 Å². The lowest BCUT2D eigenvalue weighted by Crippen LogP contribution is -1.87. The minimum absolute atomic E-state index is 0.138. The standard InChI is InChI=1S/C30H26O4S/c1-33-27-15-21(13-25(31)19-27)17-29(23-9-5-3-6-10-23)35-30(24-11-7-4-8-12-24)18-22-14-26(32)20-28(16-22)34-2/h3-20,31-32H,1-2H3/b29-17+,30-18+. The number of aromatic hydroxyl groups is 2. The highest BCUT2D eigenvalue weighted by Crippen LogP contribution is 2.42. The van der Waals surface area contributed by atoms with Crippen molar-refractivity contribution in [3.8, 4) is 23.0 Å². The summed E-state index contributed by atoms with van der Waals surface area (Å²) in [6, 6.07) is 30.5. The number of benzene rings is 4. The van der Waals surface area contributed by atoms with Crippen LogP contribution in [0.3, 0.4) is 0 Å². The number of thioether (sulfide) groups is 1. The largest absolute Gasteiger partial charge is 0.508 e. The maximum atomic E-state index is 10.2. The number of hydrogen-bond acceptors (Lipinski definition) is 5. The predicted molar refractivity (Wildman–Crippen MR) is 146 cm³/mol. The van der Waals surface area contributed by atoms with Gasteiger partial charge >= 0.3 is 0 Å². The van der Waals surface area contributed by atoms with E-state index in [1.165, 1.54) is 0 Å². The molecule has 0 spiro atoms. The average Bonchev–Trinajstić information content (AvgIpc) is 2.88. The van der Waals surface area contributed by atoms with E-state index in [-0.39, 0.29) is 11.5 Å². The topological polar surface area (TPSA) is 58.9 Å². The van der Waals surface area contributed by atoms with Crippen molar-refractivity contribution in [3.05, 3.63) is 119 Å². The van der Waals surface area contributed by atoms with Gasteiger partial charge in [-0.15, -0.1) is 0 Å². The van der Waals surface area contributed by atoms with Gasteiger partial charge in [0, 0.05) is 21.9 Å². The highest BCUT2D eigenvalue weighted by atomic mass is 32.2. The third-order valence-electron chi connectivity index (χ3n) is 5.23. The summed E-state index contributed by atoms with van der Waals surface area (Å²) in [4.78, 5) is 1.97. The molecule has 4 rings (SSSR count). The lowest BCUT2D eigenvalue weighted by molar-refractivity contribution is 0.407. The molecular formula is C30H26O4S. The summed E-state index contributed by atoms with van der Waals surface area (Å²) in [6.07, 6.45) is 4.06. The quantitative estimate of drug-likeness (QED) is 0.254. The fraction of sp³-hybridized carbons (Fsp3) is 0.0667. The number of methoxy groups -OCH3 is 2. The lowest BCUT2D eigenvalue weighted by Gasteiger charge is -2.13. The number of phenols is 2. The molecule has 0 saturated heterocycles. The number of phenolic OH excluding ortho intramolecular Hbond substituents is 2. The van der Waals surface area contributed by atoms with Crippen LogP contribution in [0, 0.1) is 0 Å². The fourth-order valence-electron chi connectivity index (χ4n) is 3.58. The molecule has 0 aromatic heterocycles. The van der Waals surface area contributed by atoms with E-state index in [4.69, 9.17) is 9.47 Å². The summed E-state index contributed by atoms with van der Waals surface area (Å²) in [6.45, 7) is 0. The predicted octanol–water partition coefficient (Wildman–Crippen LogP) is 7.54. The first-order chi connectivity index (χ1) is 17.0. The smallest absolute Gasteiger partial charge is 0.123 e. The highest BCUT2D eigenvalue weighted by Gasteiger charge is 2.11. The van der Waals surface area contributed by atoms with Crippen LogP contribution in [-0.4, -0.2) is 24.4 Å². The molecule has 0 amide bonds. The van der Waals surface area contributed by atoms with Gasteiger partial charge in [-0.05, 0) is 58.7 Å². The Hall–Kier alpha value is -4.09. The third kappa shape index (κ3) is 6.49. The van der Waals surface area contributed by atoms with Gasteiger partial charge in [0.25, 0.3) is 0 Å². The van der Waals surface area contributed by atoms with Crippen LogP contribution in [0.25, 0.3) is 22.0 Å². The van der Waals surface area contributed by atoms with E-state index in [9.17, 15) is 10.2 Å². The van der Waals surface area contributed by atoms with E-state index >= 15 is 0 Å². The Morgan fingerprint density at radius 3 is 1.37 bits per heavy atom. The molecule has 2 N–H and O–H groups in total. The van der Waals surface area contributed by atoms with Gasteiger partial charge in [0.05, 0.1) is 14.2 Å². The lowest BCUT2D eigenvalue weighted by atomic mass is 10.1. The normalized spacial score (nSPS) is 11.8. The van der Waals surface area contributed by atoms with Crippen molar-refractivity contribution in [1.82, 2.24) is 0 Å². The first-order valence-corrected chi connectivity index (χ1v) is 11.8. The van der Waals surface area contributed by atoms with E-state index in [0.29, 0.717) is 11.5 Å². The van der Waals surface area contributed by atoms with Crippen LogP contribution in [0.15, 0.2) is 97.1 Å². The second-order valence-corrected chi connectivity index (χ2v) is 8.86. The molecule has 0 heterocycles. The molecule has 0 aliphatic rings. The monoisotopic (exact) mass is 482 g/mol. The van der Waals surface area contributed by atoms with Gasteiger partial charge < -0.3 is 19.7 Å². The van der Waals surface area contributed by atoms with Gasteiger partial charge in [0.1, 0.15) is 23.0 Å². The second-order valence-electron chi connectivity index (χ2n) is 7.78. The summed E-state index contributed by atoms with van der Waals surface area (Å²) in [7, 11) is 3.16. The van der Waals surface area contributed by atoms with Crippen LogP contribution in [0.4, 0.5) is 0 Å². The Balaban J connectivity index is 1.84. The molecule has 4 aromatic rings. The first kappa shape index (κ1) is 24.0. The summed E-state index contributed by atoms with van der Waals surface area (Å²) < 4.78 is 10.7. The zero-order valence-electron chi connectivity index (χ0n) is 19.5. The molecule has 5 heteroatoms. The van der Waals surface area contributed by atoms with Crippen molar-refractivity contribution in [1.29, 1.82) is 0 Å². The van der Waals surface area contributed by atoms with Gasteiger partial charge in [0.2, 0.25) is 0 Å². The molecule has 0 saturated carbocycles. The zero-order chi connectivity index (χ0) is 24.6. The van der Waals surface area contributed by atoms with Crippen molar-refractivity contribution in [2.75, 3.05) is 14.2 Å². The second kappa shape index (κ2) is 11.4. The van der Waals surface area contributed by atoms with Crippen molar-refractivity contribution < 1.29 is 19.7 Å². The van der Waals surface area contributed by atoms with Crippen molar-refractivity contribution in [2.45, 2.75) is 0 Å². The Bertz CT molecular complexity index is 1240. The van der Waals surface area contributed by atoms with Crippen LogP contribution in [0.2, 0.25) is 0 Å². The van der Waals surface area contributed by atoms with E-state index in [1.54, 1.807) is 50.2 Å². The van der Waals surface area contributed by atoms with E-state index in [1.807, 2.05) is 60.7 Å². The van der Waals surface area contributed by atoms with E-state index in [2.05, 4.69) is 24.3 Å². The van der Waals surface area contributed by atoms with Crippen molar-refractivity contribution in [3.63, 3.8) is 0 Å². The zero-order valence-corrected chi connectivity index (χ0v) is 20.3. The van der Waals surface area contributed by atoms with Crippen LogP contribution in [0.1, 0.15) is 22.3 Å². The number of rotatable bonds is 8. The molecule has 0 aliphatic heterocycles. The van der Waals surface area contributed by atoms with Crippen LogP contribution in [0.5, 0.6) is 23.0 Å². The molecule has 0 bridgehead atoms. The van der Waals surface area contributed by atoms with Gasteiger partial charge in [-0.25, -0.2) is 0 Å². The molecule has 0 unspecified atom stereocenters. The van der Waals surface area contributed by atoms with E-state index in [0.717, 1.165) is 32.1 Å². The maximum Gasteiger partial charge on any atom is 0.123 e. The molecular weight excluding hydrogens is 456 g/mol. The Morgan fingerprint density at radius 2 is 1.00 bits per heavy atom. The molecule has 0 fully saturated rings. The van der Waals surface area contributed by atoms with Crippen molar-refractivity contribution in [2.24, 2.45) is 0 Å². The van der Waals surface area contributed by atoms with Crippen LogP contribution >= 0.6 is 11.8 Å². The van der Waals surface area contributed by atoms with Crippen LogP contribution < -0.4 is 9.47 Å². The van der Waals surface area contributed by atoms with E-state index < -0.39 is 0 Å². The summed E-state index contributed by atoms with van der Waals surface area (Å²) in [5, 5.41) is 20.4. The Labute approximate surface area is 209 Å².